The van der Waals surface area contributed by atoms with E-state index in [0.717, 1.165) is 5.92 Å². The average molecular weight is 141 g/mol. The Morgan fingerprint density at radius 2 is 2.20 bits per heavy atom. The number of rotatable bonds is 5. The average Bonchev–Trinajstić information content (AvgIpc) is 1.99. The molecule has 1 heteroatoms. The van der Waals surface area contributed by atoms with E-state index in [1.165, 1.54) is 12.8 Å². The molecule has 0 heterocycles. The molecule has 2 unspecified atom stereocenters. The molecule has 2 atom stereocenters. The van der Waals surface area contributed by atoms with Crippen molar-refractivity contribution >= 4 is 0 Å². The maximum atomic E-state index is 3.76. The van der Waals surface area contributed by atoms with Gasteiger partial charge in [-0.2, -0.15) is 0 Å². The van der Waals surface area contributed by atoms with E-state index in [0.29, 0.717) is 6.04 Å². The third-order valence-electron chi connectivity index (χ3n) is 2.01. The van der Waals surface area contributed by atoms with Crippen molar-refractivity contribution in [2.24, 2.45) is 5.92 Å². The van der Waals surface area contributed by atoms with Crippen LogP contribution in [0.4, 0.5) is 0 Å². The third kappa shape index (κ3) is 3.67. The Balaban J connectivity index is 3.51. The van der Waals surface area contributed by atoms with Crippen LogP contribution in [0.3, 0.4) is 0 Å². The van der Waals surface area contributed by atoms with E-state index in [1.807, 2.05) is 13.1 Å². The summed E-state index contributed by atoms with van der Waals surface area (Å²) in [5.74, 6) is 0.801. The Labute approximate surface area is 64.5 Å². The quantitative estimate of drug-likeness (QED) is 0.579. The molecule has 1 nitrogen and oxygen atoms in total. The molecule has 1 N–H and O–H groups in total. The summed E-state index contributed by atoms with van der Waals surface area (Å²) < 4.78 is 0. The molecule has 60 valence electrons. The molecule has 0 fully saturated rings. The predicted octanol–water partition coefficient (Wildman–Crippen LogP) is 2.20. The number of hydrogen-bond acceptors (Lipinski definition) is 1. The lowest BCUT2D eigenvalue weighted by Crippen LogP contribution is -2.24. The van der Waals surface area contributed by atoms with Crippen molar-refractivity contribution in [1.29, 1.82) is 0 Å². The van der Waals surface area contributed by atoms with Gasteiger partial charge in [0, 0.05) is 6.04 Å². The molecule has 0 radical (unpaired) electrons. The highest BCUT2D eigenvalue weighted by Gasteiger charge is 2.04. The molecule has 10 heavy (non-hydrogen) atoms. The van der Waals surface area contributed by atoms with Crippen LogP contribution in [0.15, 0.2) is 12.7 Å². The molecule has 0 aromatic heterocycles. The zero-order chi connectivity index (χ0) is 7.98. The summed E-state index contributed by atoms with van der Waals surface area (Å²) in [6.45, 7) is 8.25. The van der Waals surface area contributed by atoms with Gasteiger partial charge in [0.1, 0.15) is 0 Å². The Kier molecular flexibility index (Phi) is 5.32. The van der Waals surface area contributed by atoms with Crippen LogP contribution in [0.5, 0.6) is 0 Å². The lowest BCUT2D eigenvalue weighted by molar-refractivity contribution is 0.456. The van der Waals surface area contributed by atoms with Gasteiger partial charge in [-0.05, 0) is 19.4 Å². The Morgan fingerprint density at radius 1 is 1.60 bits per heavy atom. The van der Waals surface area contributed by atoms with Crippen molar-refractivity contribution in [3.63, 3.8) is 0 Å². The van der Waals surface area contributed by atoms with Crippen LogP contribution >= 0.6 is 0 Å². The molecular weight excluding hydrogens is 122 g/mol. The molecule has 0 amide bonds. The zero-order valence-electron chi connectivity index (χ0n) is 7.35. The molecule has 0 rings (SSSR count). The van der Waals surface area contributed by atoms with E-state index in [2.05, 4.69) is 25.7 Å². The smallest absolute Gasteiger partial charge is 0.0246 e. The minimum absolute atomic E-state index is 0.495. The molecule has 0 aliphatic carbocycles. The predicted molar refractivity (Wildman–Crippen MR) is 47.1 cm³/mol. The van der Waals surface area contributed by atoms with Gasteiger partial charge in [-0.25, -0.2) is 0 Å². The van der Waals surface area contributed by atoms with Gasteiger partial charge >= 0.3 is 0 Å². The van der Waals surface area contributed by atoms with Gasteiger partial charge in [0.05, 0.1) is 0 Å². The Morgan fingerprint density at radius 3 is 2.50 bits per heavy atom. The summed E-state index contributed by atoms with van der Waals surface area (Å²) in [7, 11) is 1.98. The molecule has 0 aromatic rings. The summed E-state index contributed by atoms with van der Waals surface area (Å²) in [5, 5.41) is 3.20. The number of hydrogen-bond donors (Lipinski definition) is 1. The normalized spacial score (nSPS) is 16.3. The van der Waals surface area contributed by atoms with Gasteiger partial charge in [0.25, 0.3) is 0 Å². The number of likely N-dealkylation sites (N-methyl/N-ethyl adjacent to an activating group) is 1. The van der Waals surface area contributed by atoms with Crippen molar-refractivity contribution in [3.05, 3.63) is 12.7 Å². The van der Waals surface area contributed by atoms with Gasteiger partial charge in [0.15, 0.2) is 0 Å². The highest BCUT2D eigenvalue weighted by Crippen LogP contribution is 2.09. The summed E-state index contributed by atoms with van der Waals surface area (Å²) in [5.41, 5.74) is 0. The first-order valence-corrected chi connectivity index (χ1v) is 4.04. The molecule has 0 aromatic carbocycles. The van der Waals surface area contributed by atoms with Crippen LogP contribution in [0.25, 0.3) is 0 Å². The van der Waals surface area contributed by atoms with Crippen molar-refractivity contribution < 1.29 is 0 Å². The molecule has 0 saturated heterocycles. The van der Waals surface area contributed by atoms with E-state index in [1.54, 1.807) is 0 Å². The van der Waals surface area contributed by atoms with Crippen LogP contribution in [-0.2, 0) is 0 Å². The molecular formula is C9H19N. The van der Waals surface area contributed by atoms with Crippen molar-refractivity contribution in [1.82, 2.24) is 5.32 Å². The van der Waals surface area contributed by atoms with Crippen LogP contribution in [0.2, 0.25) is 0 Å². The second kappa shape index (κ2) is 5.48. The first-order valence-electron chi connectivity index (χ1n) is 4.04. The SMILES string of the molecule is C=CC(CC(C)CC)NC. The standard InChI is InChI=1S/C9H19N/c1-5-8(3)7-9(6-2)10-4/h6,8-10H,2,5,7H2,1,3-4H3. The molecule has 0 aliphatic rings. The minimum atomic E-state index is 0.495. The maximum Gasteiger partial charge on any atom is 0.0246 e. The Hall–Kier alpha value is -0.300. The van der Waals surface area contributed by atoms with Gasteiger partial charge in [-0.1, -0.05) is 26.3 Å². The van der Waals surface area contributed by atoms with Crippen molar-refractivity contribution in [2.75, 3.05) is 7.05 Å². The van der Waals surface area contributed by atoms with Gasteiger partial charge in [0.2, 0.25) is 0 Å². The first-order chi connectivity index (χ1) is 4.74. The summed E-state index contributed by atoms with van der Waals surface area (Å²) in [6.07, 6.45) is 4.44. The lowest BCUT2D eigenvalue weighted by atomic mass is 10.00. The summed E-state index contributed by atoms with van der Waals surface area (Å²) in [4.78, 5) is 0. The maximum absolute atomic E-state index is 3.76. The van der Waals surface area contributed by atoms with Gasteiger partial charge in [-0.15, -0.1) is 6.58 Å². The van der Waals surface area contributed by atoms with Gasteiger partial charge in [-0.3, -0.25) is 0 Å². The zero-order valence-corrected chi connectivity index (χ0v) is 7.35. The fraction of sp³-hybridized carbons (Fsp3) is 0.778. The first kappa shape index (κ1) is 9.70. The third-order valence-corrected chi connectivity index (χ3v) is 2.01. The van der Waals surface area contributed by atoms with E-state index < -0.39 is 0 Å². The second-order valence-corrected chi connectivity index (χ2v) is 2.88. The topological polar surface area (TPSA) is 12.0 Å². The Bertz CT molecular complexity index is 88.7. The fourth-order valence-corrected chi connectivity index (χ4v) is 0.932. The van der Waals surface area contributed by atoms with Crippen LogP contribution in [0.1, 0.15) is 26.7 Å². The van der Waals surface area contributed by atoms with Gasteiger partial charge < -0.3 is 5.32 Å². The largest absolute Gasteiger partial charge is 0.314 e. The monoisotopic (exact) mass is 141 g/mol. The van der Waals surface area contributed by atoms with E-state index in [-0.39, 0.29) is 0 Å². The van der Waals surface area contributed by atoms with Crippen molar-refractivity contribution in [3.8, 4) is 0 Å². The molecule has 0 saturated carbocycles. The molecule has 0 bridgehead atoms. The fourth-order valence-electron chi connectivity index (χ4n) is 0.932. The highest BCUT2D eigenvalue weighted by molar-refractivity contribution is 4.85. The van der Waals surface area contributed by atoms with E-state index in [9.17, 15) is 0 Å². The van der Waals surface area contributed by atoms with Crippen LogP contribution in [-0.4, -0.2) is 13.1 Å². The number of nitrogens with one attached hydrogen (secondary N) is 1. The minimum Gasteiger partial charge on any atom is -0.314 e. The second-order valence-electron chi connectivity index (χ2n) is 2.88. The summed E-state index contributed by atoms with van der Waals surface area (Å²) in [6, 6.07) is 0.495. The van der Waals surface area contributed by atoms with Crippen molar-refractivity contribution in [2.45, 2.75) is 32.7 Å². The van der Waals surface area contributed by atoms with E-state index >= 15 is 0 Å². The summed E-state index contributed by atoms with van der Waals surface area (Å²) >= 11 is 0. The van der Waals surface area contributed by atoms with E-state index in [4.69, 9.17) is 0 Å². The van der Waals surface area contributed by atoms with Crippen LogP contribution < -0.4 is 5.32 Å². The lowest BCUT2D eigenvalue weighted by Gasteiger charge is -2.15. The molecule has 0 aliphatic heterocycles. The van der Waals surface area contributed by atoms with Crippen LogP contribution in [0, 0.1) is 5.92 Å². The molecule has 0 spiro atoms. The highest BCUT2D eigenvalue weighted by atomic mass is 14.9.